The molecule has 0 atom stereocenters. The van der Waals surface area contributed by atoms with E-state index in [1.807, 2.05) is 20.3 Å². The number of rotatable bonds is 0. The third kappa shape index (κ3) is 3.50. The van der Waals surface area contributed by atoms with Crippen molar-refractivity contribution in [3.8, 4) is 0 Å². The van der Waals surface area contributed by atoms with E-state index in [0.29, 0.717) is 21.5 Å². The second-order valence-electron chi connectivity index (χ2n) is 1.67. The fraction of sp³-hybridized carbons (Fsp3) is 0.375. The molecule has 3 heteroatoms. The van der Waals surface area contributed by atoms with Crippen molar-refractivity contribution in [2.45, 2.75) is 20.3 Å². The predicted molar refractivity (Wildman–Crippen MR) is 52.9 cm³/mol. The van der Waals surface area contributed by atoms with Crippen LogP contribution in [-0.2, 0) is 0 Å². The fourth-order valence-electron chi connectivity index (χ4n) is 0.558. The Hall–Kier alpha value is 0.350. The average Bonchev–Trinajstić information content (AvgIpc) is 2.04. The van der Waals surface area contributed by atoms with Crippen LogP contribution in [0, 0.1) is 6.42 Å². The third-order valence-electron chi connectivity index (χ3n) is 1.01. The molecular weight excluding hydrogens is 202 g/mol. The van der Waals surface area contributed by atoms with Gasteiger partial charge in [0.05, 0.1) is 10.1 Å². The lowest BCUT2D eigenvalue weighted by Gasteiger charge is -2.06. The molecule has 0 bridgehead atoms. The molecule has 0 N–H and O–H groups in total. The maximum Gasteiger partial charge on any atom is 0.0734 e. The standard InChI is InChI=1S/C6H4Cl3.C2H6/c7-4-2-1-3-5(8)6(4)9;1-2/h1-2H,3H2;1-2H3. The van der Waals surface area contributed by atoms with Crippen molar-refractivity contribution in [1.29, 1.82) is 0 Å². The van der Waals surface area contributed by atoms with E-state index in [4.69, 9.17) is 34.8 Å². The summed E-state index contributed by atoms with van der Waals surface area (Å²) in [5, 5.41) is 1.61. The van der Waals surface area contributed by atoms with E-state index in [1.54, 1.807) is 6.08 Å². The summed E-state index contributed by atoms with van der Waals surface area (Å²) in [5.74, 6) is 0. The van der Waals surface area contributed by atoms with Crippen molar-refractivity contribution in [2.24, 2.45) is 0 Å². The van der Waals surface area contributed by atoms with Gasteiger partial charge in [0.2, 0.25) is 0 Å². The van der Waals surface area contributed by atoms with Gasteiger partial charge in [-0.05, 0) is 12.8 Å². The molecule has 11 heavy (non-hydrogen) atoms. The lowest BCUT2D eigenvalue weighted by Crippen LogP contribution is -1.87. The van der Waals surface area contributed by atoms with Gasteiger partial charge in [0.15, 0.2) is 0 Å². The Labute approximate surface area is 82.8 Å². The minimum atomic E-state index is 0.473. The Bertz CT molecular complexity index is 180. The van der Waals surface area contributed by atoms with Crippen molar-refractivity contribution >= 4 is 34.8 Å². The lowest BCUT2D eigenvalue weighted by molar-refractivity contribution is 1.22. The van der Waals surface area contributed by atoms with Gasteiger partial charge in [0.25, 0.3) is 0 Å². The Balaban J connectivity index is 0.000000461. The van der Waals surface area contributed by atoms with Crippen LogP contribution in [0.25, 0.3) is 0 Å². The summed E-state index contributed by atoms with van der Waals surface area (Å²) >= 11 is 16.9. The second-order valence-corrected chi connectivity index (χ2v) is 2.91. The van der Waals surface area contributed by atoms with Crippen LogP contribution in [0.3, 0.4) is 0 Å². The normalized spacial score (nSPS) is 17.0. The quantitative estimate of drug-likeness (QED) is 0.557. The van der Waals surface area contributed by atoms with Gasteiger partial charge in [-0.15, -0.1) is 0 Å². The van der Waals surface area contributed by atoms with Gasteiger partial charge in [-0.1, -0.05) is 54.7 Å². The van der Waals surface area contributed by atoms with E-state index < -0.39 is 0 Å². The van der Waals surface area contributed by atoms with E-state index in [1.165, 1.54) is 0 Å². The van der Waals surface area contributed by atoms with Crippen molar-refractivity contribution in [3.63, 3.8) is 0 Å². The average molecular weight is 213 g/mol. The number of hydrogen-bond acceptors (Lipinski definition) is 0. The summed E-state index contributed by atoms with van der Waals surface area (Å²) in [4.78, 5) is 0. The number of allylic oxidation sites excluding steroid dienone is 4. The maximum atomic E-state index is 5.65. The zero-order valence-electron chi connectivity index (χ0n) is 6.50. The first-order chi connectivity index (χ1) is 5.22. The van der Waals surface area contributed by atoms with E-state index >= 15 is 0 Å². The van der Waals surface area contributed by atoms with Crippen molar-refractivity contribution in [2.75, 3.05) is 0 Å². The largest absolute Gasteiger partial charge is 0.0875 e. The highest BCUT2D eigenvalue weighted by Crippen LogP contribution is 2.31. The molecule has 63 valence electrons. The Kier molecular flexibility index (Phi) is 6.12. The van der Waals surface area contributed by atoms with Gasteiger partial charge >= 0.3 is 0 Å². The van der Waals surface area contributed by atoms with Crippen LogP contribution >= 0.6 is 34.8 Å². The molecule has 0 aromatic heterocycles. The Morgan fingerprint density at radius 2 is 1.73 bits per heavy atom. The predicted octanol–water partition coefficient (Wildman–Crippen LogP) is 4.43. The van der Waals surface area contributed by atoms with Crippen LogP contribution in [0.4, 0.5) is 0 Å². The molecule has 1 rings (SSSR count). The third-order valence-corrected chi connectivity index (χ3v) is 2.29. The molecule has 0 spiro atoms. The summed E-state index contributed by atoms with van der Waals surface area (Å²) in [5.41, 5.74) is 0. The van der Waals surface area contributed by atoms with Gasteiger partial charge in [-0.3, -0.25) is 0 Å². The second kappa shape index (κ2) is 5.93. The topological polar surface area (TPSA) is 0 Å². The lowest BCUT2D eigenvalue weighted by atomic mass is 10.2. The highest BCUT2D eigenvalue weighted by atomic mass is 35.5. The maximum absolute atomic E-state index is 5.65. The molecule has 0 saturated heterocycles. The van der Waals surface area contributed by atoms with Crippen molar-refractivity contribution in [1.82, 2.24) is 0 Å². The number of halogens is 3. The molecule has 1 aliphatic carbocycles. The summed E-state index contributed by atoms with van der Waals surface area (Å²) in [7, 11) is 0. The molecule has 0 saturated carbocycles. The van der Waals surface area contributed by atoms with Gasteiger partial charge in [0, 0.05) is 5.03 Å². The van der Waals surface area contributed by atoms with Crippen molar-refractivity contribution < 1.29 is 0 Å². The molecule has 0 aliphatic heterocycles. The number of hydrogen-bond donors (Lipinski definition) is 0. The molecular formula is C8H10Cl3. The first-order valence-corrected chi connectivity index (χ1v) is 4.58. The summed E-state index contributed by atoms with van der Waals surface area (Å²) in [6.07, 6.45) is 4.31. The minimum absolute atomic E-state index is 0.473. The SMILES string of the molecule is CC.ClC1=C[CH]CC(Cl)=C1Cl. The van der Waals surface area contributed by atoms with Crippen LogP contribution in [0.1, 0.15) is 20.3 Å². The van der Waals surface area contributed by atoms with E-state index in [-0.39, 0.29) is 0 Å². The van der Waals surface area contributed by atoms with E-state index in [2.05, 4.69) is 0 Å². The highest BCUT2D eigenvalue weighted by Gasteiger charge is 2.09. The van der Waals surface area contributed by atoms with Crippen LogP contribution in [0.2, 0.25) is 0 Å². The summed E-state index contributed by atoms with van der Waals surface area (Å²) < 4.78 is 0. The molecule has 0 fully saturated rings. The molecule has 0 aromatic carbocycles. The molecule has 0 aromatic rings. The highest BCUT2D eigenvalue weighted by molar-refractivity contribution is 6.48. The minimum Gasteiger partial charge on any atom is -0.0875 e. The van der Waals surface area contributed by atoms with Gasteiger partial charge in [0.1, 0.15) is 0 Å². The molecule has 1 radical (unpaired) electrons. The van der Waals surface area contributed by atoms with Crippen LogP contribution in [-0.4, -0.2) is 0 Å². The molecule has 0 amide bonds. The van der Waals surface area contributed by atoms with Gasteiger partial charge in [-0.2, -0.15) is 0 Å². The first-order valence-electron chi connectivity index (χ1n) is 3.45. The fourth-order valence-corrected chi connectivity index (χ4v) is 1.14. The molecule has 1 aliphatic rings. The van der Waals surface area contributed by atoms with Gasteiger partial charge < -0.3 is 0 Å². The van der Waals surface area contributed by atoms with Crippen LogP contribution in [0.15, 0.2) is 21.2 Å². The monoisotopic (exact) mass is 211 g/mol. The smallest absolute Gasteiger partial charge is 0.0734 e. The summed E-state index contributed by atoms with van der Waals surface area (Å²) in [6, 6.07) is 0. The van der Waals surface area contributed by atoms with E-state index in [0.717, 1.165) is 0 Å². The zero-order valence-corrected chi connectivity index (χ0v) is 8.76. The van der Waals surface area contributed by atoms with Crippen LogP contribution in [0.5, 0.6) is 0 Å². The van der Waals surface area contributed by atoms with Gasteiger partial charge in [-0.25, -0.2) is 0 Å². The van der Waals surface area contributed by atoms with Crippen molar-refractivity contribution in [3.05, 3.63) is 27.6 Å². The Morgan fingerprint density at radius 1 is 1.18 bits per heavy atom. The Morgan fingerprint density at radius 3 is 2.09 bits per heavy atom. The summed E-state index contributed by atoms with van der Waals surface area (Å²) in [6.45, 7) is 4.00. The van der Waals surface area contributed by atoms with E-state index in [9.17, 15) is 0 Å². The first kappa shape index (κ1) is 11.4. The molecule has 0 nitrogen and oxygen atoms in total. The molecule has 0 unspecified atom stereocenters. The molecule has 0 heterocycles. The zero-order chi connectivity index (χ0) is 8.85. The van der Waals surface area contributed by atoms with Crippen LogP contribution < -0.4 is 0 Å².